The van der Waals surface area contributed by atoms with Gasteiger partial charge in [0.15, 0.2) is 5.82 Å². The first-order chi connectivity index (χ1) is 15.0. The third kappa shape index (κ3) is 4.82. The first-order valence-corrected chi connectivity index (χ1v) is 10.3. The Labute approximate surface area is 181 Å². The summed E-state index contributed by atoms with van der Waals surface area (Å²) in [5.41, 5.74) is 2.77. The topological polar surface area (TPSA) is 67.3 Å². The summed E-state index contributed by atoms with van der Waals surface area (Å²) in [5, 5.41) is 11.6. The Morgan fingerprint density at radius 2 is 1.94 bits per heavy atom. The number of benzene rings is 2. The minimum absolute atomic E-state index is 0.101. The van der Waals surface area contributed by atoms with Crippen molar-refractivity contribution in [3.63, 3.8) is 0 Å². The normalized spacial score (nSPS) is 16.1. The van der Waals surface area contributed by atoms with Gasteiger partial charge in [-0.3, -0.25) is 4.79 Å². The van der Waals surface area contributed by atoms with Gasteiger partial charge in [-0.25, -0.2) is 4.39 Å². The van der Waals surface area contributed by atoms with E-state index in [1.165, 1.54) is 6.07 Å². The summed E-state index contributed by atoms with van der Waals surface area (Å²) in [6.07, 6.45) is 1.66. The van der Waals surface area contributed by atoms with E-state index in [0.29, 0.717) is 17.8 Å². The Hall–Kier alpha value is -3.48. The molecule has 7 heteroatoms. The van der Waals surface area contributed by atoms with Gasteiger partial charge in [-0.15, -0.1) is 10.2 Å². The van der Waals surface area contributed by atoms with Crippen LogP contribution in [0, 0.1) is 18.7 Å². The molecule has 0 spiro atoms. The van der Waals surface area contributed by atoms with Crippen molar-refractivity contribution in [2.45, 2.75) is 19.8 Å². The van der Waals surface area contributed by atoms with Gasteiger partial charge in [0.2, 0.25) is 5.91 Å². The quantitative estimate of drug-likeness (QED) is 0.660. The number of aromatic nitrogens is 2. The zero-order valence-electron chi connectivity index (χ0n) is 17.6. The number of carbonyl (C=O) groups excluding carboxylic acids is 1. The second-order valence-corrected chi connectivity index (χ2v) is 7.74. The van der Waals surface area contributed by atoms with Gasteiger partial charge in [0.1, 0.15) is 11.6 Å². The van der Waals surface area contributed by atoms with Crippen molar-refractivity contribution < 1.29 is 13.9 Å². The van der Waals surface area contributed by atoms with Gasteiger partial charge < -0.3 is 15.0 Å². The molecule has 4 rings (SSSR count). The molecule has 31 heavy (non-hydrogen) atoms. The molecule has 1 aromatic heterocycles. The smallest absolute Gasteiger partial charge is 0.229 e. The maximum Gasteiger partial charge on any atom is 0.229 e. The van der Waals surface area contributed by atoms with Gasteiger partial charge in [0, 0.05) is 24.3 Å². The second kappa shape index (κ2) is 9.12. The highest BCUT2D eigenvalue weighted by Crippen LogP contribution is 2.25. The number of hydrogen-bond acceptors (Lipinski definition) is 5. The van der Waals surface area contributed by atoms with Crippen molar-refractivity contribution in [3.05, 3.63) is 66.0 Å². The first kappa shape index (κ1) is 20.8. The molecule has 1 aliphatic heterocycles. The maximum atomic E-state index is 13.8. The van der Waals surface area contributed by atoms with Crippen molar-refractivity contribution in [3.8, 4) is 17.0 Å². The number of anilines is 2. The van der Waals surface area contributed by atoms with Gasteiger partial charge in [-0.1, -0.05) is 6.07 Å². The van der Waals surface area contributed by atoms with Crippen LogP contribution in [0.4, 0.5) is 15.9 Å². The minimum Gasteiger partial charge on any atom is -0.497 e. The van der Waals surface area contributed by atoms with E-state index in [1.807, 2.05) is 36.4 Å². The van der Waals surface area contributed by atoms with E-state index in [-0.39, 0.29) is 17.6 Å². The maximum absolute atomic E-state index is 13.8. The molecule has 1 saturated heterocycles. The number of aryl methyl sites for hydroxylation is 1. The van der Waals surface area contributed by atoms with Crippen LogP contribution in [0.2, 0.25) is 0 Å². The predicted octanol–water partition coefficient (Wildman–Crippen LogP) is 4.45. The summed E-state index contributed by atoms with van der Waals surface area (Å²) in [7, 11) is 1.63. The minimum atomic E-state index is -0.324. The van der Waals surface area contributed by atoms with Crippen molar-refractivity contribution in [2.24, 2.45) is 5.92 Å². The average Bonchev–Trinajstić information content (AvgIpc) is 2.82. The van der Waals surface area contributed by atoms with E-state index < -0.39 is 0 Å². The van der Waals surface area contributed by atoms with Gasteiger partial charge in [-0.2, -0.15) is 0 Å². The zero-order chi connectivity index (χ0) is 21.8. The molecule has 1 N–H and O–H groups in total. The van der Waals surface area contributed by atoms with E-state index in [4.69, 9.17) is 4.74 Å². The van der Waals surface area contributed by atoms with Crippen LogP contribution in [0.3, 0.4) is 0 Å². The van der Waals surface area contributed by atoms with Crippen molar-refractivity contribution in [1.29, 1.82) is 0 Å². The highest BCUT2D eigenvalue weighted by molar-refractivity contribution is 5.93. The molecule has 1 atom stereocenters. The van der Waals surface area contributed by atoms with Crippen molar-refractivity contribution in [2.75, 3.05) is 30.4 Å². The Balaban J connectivity index is 1.41. The number of carbonyl (C=O) groups is 1. The first-order valence-electron chi connectivity index (χ1n) is 10.3. The van der Waals surface area contributed by atoms with Gasteiger partial charge >= 0.3 is 0 Å². The largest absolute Gasteiger partial charge is 0.497 e. The molecule has 0 aliphatic carbocycles. The number of rotatable bonds is 5. The number of piperidine rings is 1. The van der Waals surface area contributed by atoms with Crippen LogP contribution in [-0.2, 0) is 4.79 Å². The number of methoxy groups -OCH3 is 1. The lowest BCUT2D eigenvalue weighted by molar-refractivity contribution is -0.120. The molecule has 160 valence electrons. The Kier molecular flexibility index (Phi) is 6.11. The summed E-state index contributed by atoms with van der Waals surface area (Å²) >= 11 is 0. The summed E-state index contributed by atoms with van der Waals surface area (Å²) < 4.78 is 19.0. The number of nitrogens with zero attached hydrogens (tertiary/aromatic N) is 3. The van der Waals surface area contributed by atoms with Crippen molar-refractivity contribution >= 4 is 17.4 Å². The van der Waals surface area contributed by atoms with Crippen LogP contribution in [-0.4, -0.2) is 36.3 Å². The van der Waals surface area contributed by atoms with Gasteiger partial charge in [0.25, 0.3) is 0 Å². The fraction of sp³-hybridized carbons (Fsp3) is 0.292. The van der Waals surface area contributed by atoms with Crippen LogP contribution in [0.5, 0.6) is 5.75 Å². The number of amides is 1. The van der Waals surface area contributed by atoms with Crippen LogP contribution in [0.15, 0.2) is 54.6 Å². The zero-order valence-corrected chi connectivity index (χ0v) is 17.6. The number of ether oxygens (including phenoxy) is 1. The molecule has 1 aliphatic rings. The molecule has 0 radical (unpaired) electrons. The fourth-order valence-corrected chi connectivity index (χ4v) is 3.72. The van der Waals surface area contributed by atoms with E-state index in [9.17, 15) is 9.18 Å². The molecule has 2 heterocycles. The van der Waals surface area contributed by atoms with Crippen molar-refractivity contribution in [1.82, 2.24) is 10.2 Å². The Bertz CT molecular complexity index is 1050. The molecule has 1 fully saturated rings. The highest BCUT2D eigenvalue weighted by atomic mass is 19.1. The lowest BCUT2D eigenvalue weighted by Gasteiger charge is -2.32. The number of hydrogen-bond donors (Lipinski definition) is 1. The lowest BCUT2D eigenvalue weighted by Crippen LogP contribution is -2.41. The van der Waals surface area contributed by atoms with Crippen LogP contribution in [0.25, 0.3) is 11.3 Å². The molecule has 0 bridgehead atoms. The molecule has 1 amide bonds. The number of halogens is 1. The van der Waals surface area contributed by atoms with Crippen LogP contribution >= 0.6 is 0 Å². The second-order valence-electron chi connectivity index (χ2n) is 7.74. The standard InChI is InChI=1S/C24H25FN4O2/c1-16-5-8-19(14-21(16)25)26-24(30)18-4-3-13-29(15-18)23-12-11-22(27-28-23)17-6-9-20(31-2)10-7-17/h5-12,14,18H,3-4,13,15H2,1-2H3,(H,26,30). The summed E-state index contributed by atoms with van der Waals surface area (Å²) in [6.45, 7) is 3.07. The molecule has 6 nitrogen and oxygen atoms in total. The fourth-order valence-electron chi connectivity index (χ4n) is 3.72. The predicted molar refractivity (Wildman–Crippen MR) is 119 cm³/mol. The molecule has 0 saturated carbocycles. The molecular formula is C24H25FN4O2. The van der Waals surface area contributed by atoms with E-state index >= 15 is 0 Å². The Morgan fingerprint density at radius 1 is 1.13 bits per heavy atom. The summed E-state index contributed by atoms with van der Waals surface area (Å²) in [6, 6.07) is 16.3. The lowest BCUT2D eigenvalue weighted by atomic mass is 9.97. The Morgan fingerprint density at radius 3 is 2.61 bits per heavy atom. The third-order valence-electron chi connectivity index (χ3n) is 5.59. The van der Waals surface area contributed by atoms with Crippen LogP contribution in [0.1, 0.15) is 18.4 Å². The highest BCUT2D eigenvalue weighted by Gasteiger charge is 2.27. The summed E-state index contributed by atoms with van der Waals surface area (Å²) in [5.74, 6) is 0.919. The molecular weight excluding hydrogens is 395 g/mol. The number of nitrogens with one attached hydrogen (secondary N) is 1. The van der Waals surface area contributed by atoms with Gasteiger partial charge in [-0.05, 0) is 73.9 Å². The van der Waals surface area contributed by atoms with E-state index in [1.54, 1.807) is 26.2 Å². The third-order valence-corrected chi connectivity index (χ3v) is 5.59. The van der Waals surface area contributed by atoms with Crippen LogP contribution < -0.4 is 15.0 Å². The monoisotopic (exact) mass is 420 g/mol. The SMILES string of the molecule is COc1ccc(-c2ccc(N3CCCC(C(=O)Nc4ccc(C)c(F)c4)C3)nn2)cc1. The molecule has 3 aromatic rings. The van der Waals surface area contributed by atoms with E-state index in [2.05, 4.69) is 20.4 Å². The molecule has 1 unspecified atom stereocenters. The van der Waals surface area contributed by atoms with E-state index in [0.717, 1.165) is 42.2 Å². The van der Waals surface area contributed by atoms with Gasteiger partial charge in [0.05, 0.1) is 18.7 Å². The summed E-state index contributed by atoms with van der Waals surface area (Å²) in [4.78, 5) is 14.8. The average molecular weight is 420 g/mol. The molecule has 2 aromatic carbocycles.